The number of hydrogen-bond donors (Lipinski definition) is 2. The number of nitro benzene ring substituents is 1. The van der Waals surface area contributed by atoms with Crippen molar-refractivity contribution in [1.82, 2.24) is 0 Å². The molecule has 0 radical (unpaired) electrons. The second-order valence-corrected chi connectivity index (χ2v) is 4.52. The molecule has 106 valence electrons. The summed E-state index contributed by atoms with van der Waals surface area (Å²) in [5.41, 5.74) is 6.00. The Hall–Kier alpha value is -2.41. The minimum absolute atomic E-state index is 0.0948. The Morgan fingerprint density at radius 1 is 1.50 bits per heavy atom. The first-order valence-corrected chi connectivity index (χ1v) is 6.08. The van der Waals surface area contributed by atoms with Crippen molar-refractivity contribution in [3.8, 4) is 5.75 Å². The molecule has 1 amide bonds. The average Bonchev–Trinajstić information content (AvgIpc) is 2.85. The highest BCUT2D eigenvalue weighted by Crippen LogP contribution is 2.30. The van der Waals surface area contributed by atoms with E-state index >= 15 is 0 Å². The zero-order valence-corrected chi connectivity index (χ0v) is 10.9. The minimum atomic E-state index is -0.521. The smallest absolute Gasteiger partial charge is 0.273 e. The topological polar surface area (TPSA) is 107 Å². The zero-order chi connectivity index (χ0) is 14.7. The third-order valence-electron chi connectivity index (χ3n) is 3.11. The van der Waals surface area contributed by atoms with Gasteiger partial charge in [0, 0.05) is 12.1 Å². The van der Waals surface area contributed by atoms with Crippen LogP contribution in [0.2, 0.25) is 0 Å². The molecule has 0 aliphatic heterocycles. The summed E-state index contributed by atoms with van der Waals surface area (Å²) in [5.74, 6) is -0.245. The number of nitrogens with two attached hydrogens (primary N) is 1. The lowest BCUT2D eigenvalue weighted by Gasteiger charge is -2.13. The summed E-state index contributed by atoms with van der Waals surface area (Å²) in [5, 5.41) is 13.4. The van der Waals surface area contributed by atoms with Gasteiger partial charge < -0.3 is 15.8 Å². The third-order valence-corrected chi connectivity index (χ3v) is 3.11. The van der Waals surface area contributed by atoms with Gasteiger partial charge in [-0.05, 0) is 12.5 Å². The molecule has 7 nitrogen and oxygen atoms in total. The van der Waals surface area contributed by atoms with Gasteiger partial charge in [0.15, 0.2) is 0 Å². The number of rotatable bonds is 4. The van der Waals surface area contributed by atoms with Crippen LogP contribution in [0.5, 0.6) is 5.75 Å². The molecule has 0 saturated carbocycles. The average molecular weight is 277 g/mol. The summed E-state index contributed by atoms with van der Waals surface area (Å²) in [4.78, 5) is 22.2. The van der Waals surface area contributed by atoms with Gasteiger partial charge in [-0.3, -0.25) is 14.9 Å². The summed E-state index contributed by atoms with van der Waals surface area (Å²) in [6.07, 6.45) is 4.11. The molecule has 2 rings (SSSR count). The van der Waals surface area contributed by atoms with Gasteiger partial charge in [-0.1, -0.05) is 12.2 Å². The number of anilines is 1. The molecule has 20 heavy (non-hydrogen) atoms. The number of amides is 1. The van der Waals surface area contributed by atoms with E-state index in [1.165, 1.54) is 25.3 Å². The number of methoxy groups -OCH3 is 1. The number of carbonyl (C=O) groups excluding carboxylic acids is 1. The van der Waals surface area contributed by atoms with Gasteiger partial charge in [0.2, 0.25) is 5.91 Å². The number of hydrogen-bond acceptors (Lipinski definition) is 5. The SMILES string of the molecule is COc1cc([N+](=O)[O-])ccc1NC(=O)C1C=CC(N)C1. The van der Waals surface area contributed by atoms with Crippen LogP contribution < -0.4 is 15.8 Å². The number of non-ortho nitro benzene ring substituents is 1. The number of nitro groups is 1. The molecule has 0 aromatic heterocycles. The normalized spacial score (nSPS) is 20.7. The minimum Gasteiger partial charge on any atom is -0.494 e. The van der Waals surface area contributed by atoms with Crippen molar-refractivity contribution < 1.29 is 14.5 Å². The molecule has 0 heterocycles. The van der Waals surface area contributed by atoms with Crippen LogP contribution in [0.25, 0.3) is 0 Å². The number of nitrogens with one attached hydrogen (secondary N) is 1. The fourth-order valence-corrected chi connectivity index (χ4v) is 2.04. The van der Waals surface area contributed by atoms with Gasteiger partial charge in [-0.2, -0.15) is 0 Å². The fourth-order valence-electron chi connectivity index (χ4n) is 2.04. The van der Waals surface area contributed by atoms with Crippen molar-refractivity contribution in [2.75, 3.05) is 12.4 Å². The molecule has 0 fully saturated rings. The quantitative estimate of drug-likeness (QED) is 0.492. The molecule has 0 bridgehead atoms. The Bertz CT molecular complexity index is 571. The lowest BCUT2D eigenvalue weighted by Crippen LogP contribution is -2.24. The highest BCUT2D eigenvalue weighted by molar-refractivity contribution is 5.95. The Morgan fingerprint density at radius 2 is 2.25 bits per heavy atom. The summed E-state index contributed by atoms with van der Waals surface area (Å²) in [7, 11) is 1.39. The van der Waals surface area contributed by atoms with E-state index in [0.717, 1.165) is 0 Å². The highest BCUT2D eigenvalue weighted by Gasteiger charge is 2.23. The van der Waals surface area contributed by atoms with Crippen LogP contribution in [0.4, 0.5) is 11.4 Å². The summed E-state index contributed by atoms with van der Waals surface area (Å²) >= 11 is 0. The number of carbonyl (C=O) groups is 1. The van der Waals surface area contributed by atoms with Crippen molar-refractivity contribution in [1.29, 1.82) is 0 Å². The summed E-state index contributed by atoms with van der Waals surface area (Å²) in [6.45, 7) is 0. The molecular formula is C13H15N3O4. The van der Waals surface area contributed by atoms with E-state index in [9.17, 15) is 14.9 Å². The molecule has 1 aromatic rings. The standard InChI is InChI=1S/C13H15N3O4/c1-20-12-7-10(16(18)19)4-5-11(12)15-13(17)8-2-3-9(14)6-8/h2-5,7-9H,6,14H2,1H3,(H,15,17). The van der Waals surface area contributed by atoms with Gasteiger partial charge in [0.25, 0.3) is 5.69 Å². The monoisotopic (exact) mass is 277 g/mol. The van der Waals surface area contributed by atoms with E-state index < -0.39 is 4.92 Å². The maximum absolute atomic E-state index is 12.0. The number of nitrogens with zero attached hydrogens (tertiary/aromatic N) is 1. The van der Waals surface area contributed by atoms with Crippen LogP contribution in [0.15, 0.2) is 30.4 Å². The molecule has 2 atom stereocenters. The first-order chi connectivity index (χ1) is 9.51. The Morgan fingerprint density at radius 3 is 2.80 bits per heavy atom. The van der Waals surface area contributed by atoms with Crippen LogP contribution in [0, 0.1) is 16.0 Å². The molecule has 1 aliphatic rings. The molecule has 1 aliphatic carbocycles. The van der Waals surface area contributed by atoms with E-state index in [1.54, 1.807) is 12.2 Å². The molecule has 0 spiro atoms. The second kappa shape index (κ2) is 5.70. The summed E-state index contributed by atoms with van der Waals surface area (Å²) < 4.78 is 5.06. The van der Waals surface area contributed by atoms with Crippen molar-refractivity contribution in [3.05, 3.63) is 40.5 Å². The molecular weight excluding hydrogens is 262 g/mol. The predicted molar refractivity (Wildman–Crippen MR) is 73.5 cm³/mol. The van der Waals surface area contributed by atoms with E-state index in [1.807, 2.05) is 0 Å². The van der Waals surface area contributed by atoms with E-state index in [-0.39, 0.29) is 29.3 Å². The van der Waals surface area contributed by atoms with E-state index in [4.69, 9.17) is 10.5 Å². The number of ether oxygens (including phenoxy) is 1. The van der Waals surface area contributed by atoms with E-state index in [0.29, 0.717) is 12.1 Å². The molecule has 7 heteroatoms. The van der Waals surface area contributed by atoms with Crippen molar-refractivity contribution in [2.24, 2.45) is 11.7 Å². The molecule has 1 aromatic carbocycles. The van der Waals surface area contributed by atoms with Crippen LogP contribution in [-0.4, -0.2) is 24.0 Å². The maximum Gasteiger partial charge on any atom is 0.273 e. The summed E-state index contributed by atoms with van der Waals surface area (Å²) in [6, 6.07) is 3.93. The predicted octanol–water partition coefficient (Wildman–Crippen LogP) is 1.45. The fraction of sp³-hybridized carbons (Fsp3) is 0.308. The Kier molecular flexibility index (Phi) is 3.99. The highest BCUT2D eigenvalue weighted by atomic mass is 16.6. The molecule has 3 N–H and O–H groups in total. The first-order valence-electron chi connectivity index (χ1n) is 6.08. The largest absolute Gasteiger partial charge is 0.494 e. The van der Waals surface area contributed by atoms with Crippen LogP contribution in [0.3, 0.4) is 0 Å². The van der Waals surface area contributed by atoms with Crippen molar-refractivity contribution in [2.45, 2.75) is 12.5 Å². The van der Waals surface area contributed by atoms with Crippen LogP contribution in [-0.2, 0) is 4.79 Å². The van der Waals surface area contributed by atoms with Crippen molar-refractivity contribution >= 4 is 17.3 Å². The lowest BCUT2D eigenvalue weighted by molar-refractivity contribution is -0.384. The van der Waals surface area contributed by atoms with Gasteiger partial charge in [-0.15, -0.1) is 0 Å². The molecule has 0 saturated heterocycles. The number of benzene rings is 1. The third kappa shape index (κ3) is 2.94. The Labute approximate surface area is 115 Å². The second-order valence-electron chi connectivity index (χ2n) is 4.52. The Balaban J connectivity index is 2.15. The van der Waals surface area contributed by atoms with Gasteiger partial charge in [0.1, 0.15) is 5.75 Å². The zero-order valence-electron chi connectivity index (χ0n) is 10.9. The molecule has 2 unspecified atom stereocenters. The first kappa shape index (κ1) is 14.0. The van der Waals surface area contributed by atoms with Crippen molar-refractivity contribution in [3.63, 3.8) is 0 Å². The van der Waals surface area contributed by atoms with Crippen LogP contribution >= 0.6 is 0 Å². The van der Waals surface area contributed by atoms with Crippen LogP contribution in [0.1, 0.15) is 6.42 Å². The van der Waals surface area contributed by atoms with E-state index in [2.05, 4.69) is 5.32 Å². The van der Waals surface area contributed by atoms with Gasteiger partial charge in [-0.25, -0.2) is 0 Å². The van der Waals surface area contributed by atoms with Gasteiger partial charge in [0.05, 0.1) is 29.7 Å². The van der Waals surface area contributed by atoms with Gasteiger partial charge >= 0.3 is 0 Å². The maximum atomic E-state index is 12.0. The lowest BCUT2D eigenvalue weighted by atomic mass is 10.1.